The largest absolute Gasteiger partial charge is 0.418 e. The number of alkyl halides is 3. The van der Waals surface area contributed by atoms with Gasteiger partial charge in [-0.2, -0.15) is 13.2 Å². The van der Waals surface area contributed by atoms with Gasteiger partial charge >= 0.3 is 6.18 Å². The third-order valence-electron chi connectivity index (χ3n) is 2.64. The van der Waals surface area contributed by atoms with Crippen LogP contribution in [0.15, 0.2) is 42.5 Å². The second-order valence-corrected chi connectivity index (χ2v) is 5.39. The molecule has 0 fully saturated rings. The van der Waals surface area contributed by atoms with E-state index in [1.165, 1.54) is 24.3 Å². The third-order valence-corrected chi connectivity index (χ3v) is 3.31. The molecule has 0 saturated heterocycles. The van der Waals surface area contributed by atoms with E-state index in [1.807, 2.05) is 0 Å². The van der Waals surface area contributed by atoms with Crippen LogP contribution in [0.2, 0.25) is 0 Å². The first-order valence-electron chi connectivity index (χ1n) is 5.71. The van der Waals surface area contributed by atoms with E-state index in [0.29, 0.717) is 3.57 Å². The van der Waals surface area contributed by atoms with Crippen molar-refractivity contribution in [2.24, 2.45) is 0 Å². The second-order valence-electron chi connectivity index (χ2n) is 4.15. The van der Waals surface area contributed by atoms with Gasteiger partial charge in [-0.1, -0.05) is 0 Å². The highest BCUT2D eigenvalue weighted by Crippen LogP contribution is 2.35. The first kappa shape index (κ1) is 15.7. The number of halogens is 5. The predicted molar refractivity (Wildman–Crippen MR) is 78.5 cm³/mol. The van der Waals surface area contributed by atoms with Crippen LogP contribution in [0.5, 0.6) is 0 Å². The molecule has 0 aromatic heterocycles. The number of benzene rings is 2. The van der Waals surface area contributed by atoms with Crippen LogP contribution >= 0.6 is 22.6 Å². The van der Waals surface area contributed by atoms with E-state index in [-0.39, 0.29) is 11.3 Å². The third kappa shape index (κ3) is 3.93. The Bertz CT molecular complexity index is 668. The SMILES string of the molecule is O=C(Nc1ccc(I)cc1C(F)(F)F)c1ccc(F)cc1. The molecule has 0 aliphatic carbocycles. The Kier molecular flexibility index (Phi) is 4.50. The van der Waals surface area contributed by atoms with Crippen molar-refractivity contribution in [1.82, 2.24) is 0 Å². The van der Waals surface area contributed by atoms with E-state index in [2.05, 4.69) is 5.32 Å². The van der Waals surface area contributed by atoms with Gasteiger partial charge in [-0.25, -0.2) is 4.39 Å². The molecule has 0 atom stereocenters. The first-order valence-corrected chi connectivity index (χ1v) is 6.79. The van der Waals surface area contributed by atoms with Gasteiger partial charge in [0.2, 0.25) is 0 Å². The first-order chi connectivity index (χ1) is 9.77. The van der Waals surface area contributed by atoms with Gasteiger partial charge in [0.05, 0.1) is 11.3 Å². The lowest BCUT2D eigenvalue weighted by Gasteiger charge is -2.14. The van der Waals surface area contributed by atoms with Crippen LogP contribution in [0.3, 0.4) is 0 Å². The Morgan fingerprint density at radius 1 is 1.05 bits per heavy atom. The van der Waals surface area contributed by atoms with Gasteiger partial charge in [0.25, 0.3) is 5.91 Å². The number of carbonyl (C=O) groups is 1. The standard InChI is InChI=1S/C14H8F4INO/c15-9-3-1-8(2-4-9)13(21)20-12-6-5-10(19)7-11(12)14(16,17)18/h1-7H,(H,20,21). The highest BCUT2D eigenvalue weighted by molar-refractivity contribution is 14.1. The summed E-state index contributed by atoms with van der Waals surface area (Å²) in [6.45, 7) is 0. The number of hydrogen-bond acceptors (Lipinski definition) is 1. The molecular weight excluding hydrogens is 401 g/mol. The maximum absolute atomic E-state index is 12.9. The average Bonchev–Trinajstić information content (AvgIpc) is 2.40. The summed E-state index contributed by atoms with van der Waals surface area (Å²) in [5, 5.41) is 2.20. The van der Waals surface area contributed by atoms with Crippen molar-refractivity contribution in [3.8, 4) is 0 Å². The molecule has 0 spiro atoms. The fraction of sp³-hybridized carbons (Fsp3) is 0.0714. The normalized spacial score (nSPS) is 11.3. The Morgan fingerprint density at radius 3 is 2.24 bits per heavy atom. The minimum absolute atomic E-state index is 0.0723. The molecule has 0 aliphatic heterocycles. The van der Waals surface area contributed by atoms with Gasteiger partial charge in [0.1, 0.15) is 5.82 Å². The molecule has 0 saturated carbocycles. The summed E-state index contributed by atoms with van der Waals surface area (Å²) in [6.07, 6.45) is -4.58. The van der Waals surface area contributed by atoms with Gasteiger partial charge in [-0.15, -0.1) is 0 Å². The molecule has 2 aromatic rings. The summed E-state index contributed by atoms with van der Waals surface area (Å²) in [7, 11) is 0. The van der Waals surface area contributed by atoms with Gasteiger partial charge in [0.15, 0.2) is 0 Å². The van der Waals surface area contributed by atoms with Crippen LogP contribution in [-0.2, 0) is 6.18 Å². The smallest absolute Gasteiger partial charge is 0.321 e. The van der Waals surface area contributed by atoms with E-state index >= 15 is 0 Å². The molecule has 21 heavy (non-hydrogen) atoms. The second kappa shape index (κ2) is 6.00. The van der Waals surface area contributed by atoms with Gasteiger partial charge < -0.3 is 5.32 Å². The molecule has 2 aromatic carbocycles. The predicted octanol–water partition coefficient (Wildman–Crippen LogP) is 4.70. The monoisotopic (exact) mass is 409 g/mol. The summed E-state index contributed by atoms with van der Waals surface area (Å²) in [4.78, 5) is 11.9. The molecular formula is C14H8F4INO. The van der Waals surface area contributed by atoms with Crippen LogP contribution in [0.4, 0.5) is 23.2 Å². The molecule has 2 rings (SSSR count). The minimum atomic E-state index is -4.58. The van der Waals surface area contributed by atoms with Crippen LogP contribution in [0.25, 0.3) is 0 Å². The van der Waals surface area contributed by atoms with E-state index < -0.39 is 23.5 Å². The lowest BCUT2D eigenvalue weighted by atomic mass is 10.1. The van der Waals surface area contributed by atoms with Crippen molar-refractivity contribution in [3.63, 3.8) is 0 Å². The fourth-order valence-corrected chi connectivity index (χ4v) is 2.15. The van der Waals surface area contributed by atoms with Gasteiger partial charge in [-0.3, -0.25) is 4.79 Å². The number of anilines is 1. The van der Waals surface area contributed by atoms with Gasteiger partial charge in [-0.05, 0) is 65.1 Å². The van der Waals surface area contributed by atoms with Crippen molar-refractivity contribution in [3.05, 3.63) is 63.0 Å². The molecule has 2 nitrogen and oxygen atoms in total. The average molecular weight is 409 g/mol. The highest BCUT2D eigenvalue weighted by atomic mass is 127. The number of rotatable bonds is 2. The van der Waals surface area contributed by atoms with E-state index in [1.54, 1.807) is 22.6 Å². The zero-order valence-corrected chi connectivity index (χ0v) is 12.5. The maximum atomic E-state index is 12.9. The summed E-state index contributed by atoms with van der Waals surface area (Å²) in [5.74, 6) is -1.27. The zero-order valence-electron chi connectivity index (χ0n) is 10.3. The van der Waals surface area contributed by atoms with Crippen LogP contribution in [0.1, 0.15) is 15.9 Å². The molecule has 0 bridgehead atoms. The Hall–Kier alpha value is -1.64. The summed E-state index contributed by atoms with van der Waals surface area (Å²) in [6, 6.07) is 8.11. The maximum Gasteiger partial charge on any atom is 0.418 e. The zero-order chi connectivity index (χ0) is 15.6. The Labute approximate surface area is 131 Å². The Morgan fingerprint density at radius 2 is 1.67 bits per heavy atom. The molecule has 0 aliphatic rings. The quantitative estimate of drug-likeness (QED) is 0.566. The number of amides is 1. The van der Waals surface area contributed by atoms with Gasteiger partial charge in [0, 0.05) is 9.13 Å². The fourth-order valence-electron chi connectivity index (χ4n) is 1.66. The van der Waals surface area contributed by atoms with Crippen molar-refractivity contribution in [2.45, 2.75) is 6.18 Å². The molecule has 0 unspecified atom stereocenters. The molecule has 1 N–H and O–H groups in total. The van der Waals surface area contributed by atoms with Crippen molar-refractivity contribution in [1.29, 1.82) is 0 Å². The topological polar surface area (TPSA) is 29.1 Å². The van der Waals surface area contributed by atoms with Crippen molar-refractivity contribution in [2.75, 3.05) is 5.32 Å². The molecule has 110 valence electrons. The van der Waals surface area contributed by atoms with E-state index in [9.17, 15) is 22.4 Å². The van der Waals surface area contributed by atoms with Crippen LogP contribution in [-0.4, -0.2) is 5.91 Å². The lowest BCUT2D eigenvalue weighted by Crippen LogP contribution is -2.16. The van der Waals surface area contributed by atoms with E-state index in [4.69, 9.17) is 0 Å². The molecule has 0 heterocycles. The van der Waals surface area contributed by atoms with Crippen molar-refractivity contribution >= 4 is 34.2 Å². The highest BCUT2D eigenvalue weighted by Gasteiger charge is 2.34. The van der Waals surface area contributed by atoms with Crippen LogP contribution in [0, 0.1) is 9.39 Å². The number of nitrogens with one attached hydrogen (secondary N) is 1. The lowest BCUT2D eigenvalue weighted by molar-refractivity contribution is -0.137. The number of hydrogen-bond donors (Lipinski definition) is 1. The van der Waals surface area contributed by atoms with Crippen LogP contribution < -0.4 is 5.32 Å². The molecule has 7 heteroatoms. The minimum Gasteiger partial charge on any atom is -0.321 e. The number of carbonyl (C=O) groups excluding carboxylic acids is 1. The van der Waals surface area contributed by atoms with E-state index in [0.717, 1.165) is 18.2 Å². The van der Waals surface area contributed by atoms with Crippen molar-refractivity contribution < 1.29 is 22.4 Å². The Balaban J connectivity index is 2.31. The summed E-state index contributed by atoms with van der Waals surface area (Å²) >= 11 is 1.76. The molecule has 1 amide bonds. The summed E-state index contributed by atoms with van der Waals surface area (Å²) in [5.41, 5.74) is -1.19. The molecule has 0 radical (unpaired) electrons. The summed E-state index contributed by atoms with van der Waals surface area (Å²) < 4.78 is 52.0.